The minimum absolute atomic E-state index is 0.316. The van der Waals surface area contributed by atoms with Gasteiger partial charge in [0.25, 0.3) is 0 Å². The molecule has 0 aromatic rings. The second-order valence-electron chi connectivity index (χ2n) is 8.73. The molecule has 0 aromatic carbocycles. The highest BCUT2D eigenvalue weighted by molar-refractivity contribution is 7.64. The smallest absolute Gasteiger partial charge is 0.337 e. The van der Waals surface area contributed by atoms with Crippen molar-refractivity contribution in [2.24, 2.45) is 5.41 Å². The highest BCUT2D eigenvalue weighted by Gasteiger charge is 2.49. The van der Waals surface area contributed by atoms with Crippen LogP contribution in [0.4, 0.5) is 0 Å². The third-order valence-corrected chi connectivity index (χ3v) is 8.03. The summed E-state index contributed by atoms with van der Waals surface area (Å²) >= 11 is 0. The molecule has 0 bridgehead atoms. The molecule has 6 heteroatoms. The summed E-state index contributed by atoms with van der Waals surface area (Å²) in [4.78, 5) is 17.5. The van der Waals surface area contributed by atoms with Gasteiger partial charge in [-0.15, -0.1) is 0 Å². The molecule has 0 aliphatic carbocycles. The van der Waals surface area contributed by atoms with Gasteiger partial charge in [0.05, 0.1) is 5.78 Å². The molecule has 23 heavy (non-hydrogen) atoms. The van der Waals surface area contributed by atoms with E-state index in [0.717, 1.165) is 0 Å². The minimum atomic E-state index is -2.57. The van der Waals surface area contributed by atoms with Crippen LogP contribution in [0.3, 0.4) is 0 Å². The zero-order chi connectivity index (χ0) is 18.9. The lowest BCUT2D eigenvalue weighted by molar-refractivity contribution is -0.288. The quantitative estimate of drug-likeness (QED) is 0.535. The molecule has 0 fully saturated rings. The number of hydrogen-bond acceptors (Lipinski definition) is 4. The van der Waals surface area contributed by atoms with Crippen molar-refractivity contribution in [3.05, 3.63) is 0 Å². The van der Waals surface area contributed by atoms with Crippen molar-refractivity contribution in [3.8, 4) is 0 Å². The number of carboxylic acid groups (broad SMARTS) is 1. The summed E-state index contributed by atoms with van der Waals surface area (Å²) in [5.41, 5.74) is -2.18. The Morgan fingerprint density at radius 3 is 1.65 bits per heavy atom. The summed E-state index contributed by atoms with van der Waals surface area (Å²) in [5.74, 6) is -1.40. The summed E-state index contributed by atoms with van der Waals surface area (Å²) < 4.78 is 13.6. The fraction of sp³-hybridized carbons (Fsp3) is 0.941. The van der Waals surface area contributed by atoms with Gasteiger partial charge in [0.1, 0.15) is 7.14 Å². The van der Waals surface area contributed by atoms with Crippen LogP contribution in [0.25, 0.3) is 0 Å². The highest BCUT2D eigenvalue weighted by Crippen LogP contribution is 2.58. The Balaban J connectivity index is 6.19. The van der Waals surface area contributed by atoms with Crippen LogP contribution in [0.15, 0.2) is 0 Å². The predicted octanol–water partition coefficient (Wildman–Crippen LogP) is 4.66. The molecule has 138 valence electrons. The second kappa shape index (κ2) is 7.25. The van der Waals surface area contributed by atoms with Gasteiger partial charge < -0.3 is 9.67 Å². The van der Waals surface area contributed by atoms with E-state index in [9.17, 15) is 14.5 Å². The average molecular weight is 349 g/mol. The van der Waals surface area contributed by atoms with E-state index in [1.807, 2.05) is 55.4 Å². The lowest BCUT2D eigenvalue weighted by Gasteiger charge is -2.50. The largest absolute Gasteiger partial charge is 0.479 e. The lowest BCUT2D eigenvalue weighted by atomic mass is 9.94. The summed E-state index contributed by atoms with van der Waals surface area (Å²) in [7, 11) is -2.57. The molecule has 1 N–H and O–H groups in total. The third kappa shape index (κ3) is 5.58. The number of rotatable bonds is 7. The van der Waals surface area contributed by atoms with E-state index in [2.05, 4.69) is 0 Å². The van der Waals surface area contributed by atoms with E-state index in [1.54, 1.807) is 5.06 Å². The molecule has 1 unspecified atom stereocenters. The minimum Gasteiger partial charge on any atom is -0.479 e. The van der Waals surface area contributed by atoms with Gasteiger partial charge in [0.15, 0.2) is 5.60 Å². The maximum atomic E-state index is 13.6. The number of hydroxylamine groups is 2. The molecule has 0 saturated heterocycles. The van der Waals surface area contributed by atoms with E-state index in [-0.39, 0.29) is 11.2 Å². The molecule has 0 saturated carbocycles. The first-order valence-corrected chi connectivity index (χ1v) is 10.5. The first-order chi connectivity index (χ1) is 10.0. The summed E-state index contributed by atoms with van der Waals surface area (Å²) in [6, 6.07) is 0. The standard InChI is InChI=1S/C17H36NO4P/c1-11-23(21,12-2)13(15(3,4)5)18(16(6,7)8)22-17(9,10)14(19)20/h13H,11-12H2,1-10H3,(H,19,20). The van der Waals surface area contributed by atoms with Crippen molar-refractivity contribution in [3.63, 3.8) is 0 Å². The molecule has 0 aromatic heterocycles. The normalized spacial score (nSPS) is 15.8. The fourth-order valence-electron chi connectivity index (χ4n) is 2.66. The number of nitrogens with zero attached hydrogens (tertiary/aromatic N) is 1. The van der Waals surface area contributed by atoms with Gasteiger partial charge in [0.2, 0.25) is 0 Å². The number of carbonyl (C=O) groups is 1. The van der Waals surface area contributed by atoms with Crippen LogP contribution >= 0.6 is 7.14 Å². The zero-order valence-corrected chi connectivity index (χ0v) is 17.5. The first kappa shape index (κ1) is 22.6. The molecule has 0 radical (unpaired) electrons. The predicted molar refractivity (Wildman–Crippen MR) is 96.3 cm³/mol. The van der Waals surface area contributed by atoms with Gasteiger partial charge in [-0.05, 0) is 52.4 Å². The molecule has 0 aliphatic rings. The van der Waals surface area contributed by atoms with Gasteiger partial charge in [-0.2, -0.15) is 5.06 Å². The van der Waals surface area contributed by atoms with Crippen molar-refractivity contribution in [2.75, 3.05) is 12.3 Å². The highest BCUT2D eigenvalue weighted by atomic mass is 31.2. The van der Waals surface area contributed by atoms with Crippen LogP contribution in [0, 0.1) is 5.41 Å². The maximum Gasteiger partial charge on any atom is 0.337 e. The Morgan fingerprint density at radius 2 is 1.43 bits per heavy atom. The van der Waals surface area contributed by atoms with Crippen LogP contribution in [0.1, 0.15) is 69.2 Å². The number of hydrogen-bond donors (Lipinski definition) is 1. The van der Waals surface area contributed by atoms with Gasteiger partial charge in [0, 0.05) is 5.54 Å². The Morgan fingerprint density at radius 1 is 1.04 bits per heavy atom. The second-order valence-corrected chi connectivity index (χ2v) is 12.4. The number of carboxylic acids is 1. The Bertz CT molecular complexity index is 452. The van der Waals surface area contributed by atoms with Gasteiger partial charge in [-0.3, -0.25) is 4.84 Å². The van der Waals surface area contributed by atoms with Crippen molar-refractivity contribution in [1.29, 1.82) is 0 Å². The van der Waals surface area contributed by atoms with E-state index in [4.69, 9.17) is 4.84 Å². The van der Waals surface area contributed by atoms with Gasteiger partial charge in [-0.25, -0.2) is 4.79 Å². The maximum absolute atomic E-state index is 13.6. The number of aliphatic carboxylic acids is 1. The lowest BCUT2D eigenvalue weighted by Crippen LogP contribution is -2.57. The van der Waals surface area contributed by atoms with Crippen molar-refractivity contribution < 1.29 is 19.3 Å². The van der Waals surface area contributed by atoms with Crippen LogP contribution in [0.5, 0.6) is 0 Å². The molecular formula is C17H36NO4P. The van der Waals surface area contributed by atoms with Crippen LogP contribution < -0.4 is 0 Å². The molecular weight excluding hydrogens is 313 g/mol. The molecule has 0 amide bonds. The third-order valence-electron chi connectivity index (χ3n) is 4.02. The van der Waals surface area contributed by atoms with E-state index < -0.39 is 24.3 Å². The van der Waals surface area contributed by atoms with Crippen LogP contribution in [-0.2, 0) is 14.2 Å². The Kier molecular flexibility index (Phi) is 7.13. The van der Waals surface area contributed by atoms with Crippen molar-refractivity contribution >= 4 is 13.1 Å². The molecule has 5 nitrogen and oxygen atoms in total. The average Bonchev–Trinajstić information content (AvgIpc) is 2.34. The molecule has 0 heterocycles. The van der Waals surface area contributed by atoms with Crippen LogP contribution in [0.2, 0.25) is 0 Å². The van der Waals surface area contributed by atoms with E-state index in [0.29, 0.717) is 12.3 Å². The van der Waals surface area contributed by atoms with Crippen molar-refractivity contribution in [1.82, 2.24) is 5.06 Å². The summed E-state index contributed by atoms with van der Waals surface area (Å²) in [6.07, 6.45) is 1.13. The summed E-state index contributed by atoms with van der Waals surface area (Å²) in [6.45, 7) is 18.9. The molecule has 0 rings (SSSR count). The Hall–Kier alpha value is -0.380. The Labute approximate surface area is 142 Å². The molecule has 1 atom stereocenters. The molecule has 0 aliphatic heterocycles. The fourth-order valence-corrected chi connectivity index (χ4v) is 5.98. The van der Waals surface area contributed by atoms with Crippen molar-refractivity contribution in [2.45, 2.75) is 86.2 Å². The zero-order valence-electron chi connectivity index (χ0n) is 16.6. The SMILES string of the molecule is CCP(=O)(CC)C(N(OC(C)(C)C(=O)O)C(C)(C)C)C(C)(C)C. The van der Waals surface area contributed by atoms with Gasteiger partial charge >= 0.3 is 5.97 Å². The summed E-state index contributed by atoms with van der Waals surface area (Å²) in [5, 5.41) is 11.1. The van der Waals surface area contributed by atoms with Gasteiger partial charge in [-0.1, -0.05) is 34.6 Å². The van der Waals surface area contributed by atoms with E-state index >= 15 is 0 Å². The monoisotopic (exact) mass is 349 g/mol. The first-order valence-electron chi connectivity index (χ1n) is 8.32. The van der Waals surface area contributed by atoms with Crippen LogP contribution in [-0.4, -0.2) is 45.4 Å². The molecule has 0 spiro atoms. The van der Waals surface area contributed by atoms with E-state index in [1.165, 1.54) is 13.8 Å². The topological polar surface area (TPSA) is 66.8 Å².